The summed E-state index contributed by atoms with van der Waals surface area (Å²) in [6.07, 6.45) is 3.83. The first-order valence-corrected chi connectivity index (χ1v) is 9.52. The predicted octanol–water partition coefficient (Wildman–Crippen LogP) is 2.92. The molecule has 2 aromatic heterocycles. The van der Waals surface area contributed by atoms with E-state index in [1.807, 2.05) is 0 Å². The normalized spacial score (nSPS) is 12.7. The molecule has 1 N–H and O–H groups in total. The number of hydrogen-bond acceptors (Lipinski definition) is 6. The maximum absolute atomic E-state index is 12.4. The number of carbonyl (C=O) groups is 2. The minimum absolute atomic E-state index is 0.0209. The number of carbonyl (C=O) groups excluding carboxylic acids is 2. The first-order valence-electron chi connectivity index (χ1n) is 7.95. The fraction of sp³-hybridized carbons (Fsp3) is 0.375. The molecule has 3 rings (SSSR count). The topological polar surface area (TPSA) is 90.3 Å². The lowest BCUT2D eigenvalue weighted by Crippen LogP contribution is -2.30. The Bertz CT molecular complexity index is 938. The zero-order chi connectivity index (χ0) is 18.8. The zero-order valence-electron chi connectivity index (χ0n) is 13.8. The fourth-order valence-corrected chi connectivity index (χ4v) is 4.34. The Hall–Kier alpha value is -1.90. The molecule has 0 atom stereocenters. The van der Waals surface area contributed by atoms with Gasteiger partial charge >= 0.3 is 5.97 Å². The molecule has 26 heavy (non-hydrogen) atoms. The zero-order valence-corrected chi connectivity index (χ0v) is 16.1. The molecule has 1 amide bonds. The van der Waals surface area contributed by atoms with Crippen molar-refractivity contribution in [2.75, 3.05) is 11.9 Å². The maximum Gasteiger partial charge on any atom is 0.341 e. The van der Waals surface area contributed by atoms with Gasteiger partial charge in [-0.1, -0.05) is 23.2 Å². The summed E-state index contributed by atoms with van der Waals surface area (Å²) in [6.45, 7) is 1.63. The molecule has 0 spiro atoms. The minimum Gasteiger partial charge on any atom is -0.462 e. The van der Waals surface area contributed by atoms with Crippen LogP contribution in [0.3, 0.4) is 0 Å². The molecule has 7 nitrogen and oxygen atoms in total. The number of nitrogens with one attached hydrogen (secondary N) is 1. The Balaban J connectivity index is 1.83. The van der Waals surface area contributed by atoms with Gasteiger partial charge in [-0.25, -0.2) is 9.48 Å². The van der Waals surface area contributed by atoms with Crippen LogP contribution < -0.4 is 10.9 Å². The van der Waals surface area contributed by atoms with E-state index in [9.17, 15) is 14.4 Å². The molecular formula is C16H15Cl2N3O4S. The third-order valence-electron chi connectivity index (χ3n) is 3.89. The first-order chi connectivity index (χ1) is 12.4. The van der Waals surface area contributed by atoms with Crippen molar-refractivity contribution in [3.8, 4) is 0 Å². The molecule has 0 aliphatic heterocycles. The molecule has 0 fully saturated rings. The van der Waals surface area contributed by atoms with Gasteiger partial charge in [0.2, 0.25) is 5.91 Å². The van der Waals surface area contributed by atoms with Crippen LogP contribution in [0.4, 0.5) is 5.00 Å². The van der Waals surface area contributed by atoms with Crippen molar-refractivity contribution >= 4 is 51.4 Å². The summed E-state index contributed by atoms with van der Waals surface area (Å²) in [6, 6.07) is 0. The highest BCUT2D eigenvalue weighted by Gasteiger charge is 2.28. The number of anilines is 1. The molecular weight excluding hydrogens is 401 g/mol. The summed E-state index contributed by atoms with van der Waals surface area (Å²) in [7, 11) is 0. The minimum atomic E-state index is -0.659. The van der Waals surface area contributed by atoms with Gasteiger partial charge in [0.1, 0.15) is 16.6 Å². The maximum atomic E-state index is 12.4. The number of aromatic nitrogens is 2. The van der Waals surface area contributed by atoms with E-state index in [0.29, 0.717) is 10.6 Å². The molecule has 0 saturated heterocycles. The van der Waals surface area contributed by atoms with Gasteiger partial charge in [0.25, 0.3) is 5.56 Å². The summed E-state index contributed by atoms with van der Waals surface area (Å²) in [5, 5.41) is 6.75. The molecule has 0 saturated carbocycles. The van der Waals surface area contributed by atoms with Gasteiger partial charge in [-0.15, -0.1) is 11.3 Å². The number of esters is 1. The number of ether oxygens (including phenoxy) is 1. The third-order valence-corrected chi connectivity index (χ3v) is 5.85. The smallest absolute Gasteiger partial charge is 0.341 e. The lowest BCUT2D eigenvalue weighted by molar-refractivity contribution is -0.117. The summed E-state index contributed by atoms with van der Waals surface area (Å²) < 4.78 is 6.03. The standard InChI is InChI=1S/C16H15Cl2N3O4S/c1-2-25-16(24)12-8-4-3-5-10(8)26-14(12)20-11(22)7-21-15(23)13(18)9(17)6-19-21/h6H,2-5,7H2,1H3,(H,20,22). The summed E-state index contributed by atoms with van der Waals surface area (Å²) >= 11 is 12.9. The molecule has 1 aliphatic rings. The van der Waals surface area contributed by atoms with E-state index >= 15 is 0 Å². The van der Waals surface area contributed by atoms with Gasteiger partial charge in [-0.3, -0.25) is 9.59 Å². The van der Waals surface area contributed by atoms with E-state index in [4.69, 9.17) is 27.9 Å². The monoisotopic (exact) mass is 415 g/mol. The second-order valence-electron chi connectivity index (χ2n) is 5.60. The van der Waals surface area contributed by atoms with Gasteiger partial charge in [0.15, 0.2) is 0 Å². The number of amides is 1. The van der Waals surface area contributed by atoms with Crippen molar-refractivity contribution < 1.29 is 14.3 Å². The number of fused-ring (bicyclic) bond motifs is 1. The van der Waals surface area contributed by atoms with Crippen LogP contribution in [0.2, 0.25) is 10.0 Å². The first kappa shape index (κ1) is 18.9. The van der Waals surface area contributed by atoms with Gasteiger partial charge < -0.3 is 10.1 Å². The molecule has 0 radical (unpaired) electrons. The molecule has 0 unspecified atom stereocenters. The Labute approximate surface area is 162 Å². The van der Waals surface area contributed by atoms with Crippen LogP contribution in [-0.2, 0) is 28.9 Å². The van der Waals surface area contributed by atoms with Crippen LogP contribution in [0.25, 0.3) is 0 Å². The van der Waals surface area contributed by atoms with Crippen molar-refractivity contribution in [3.63, 3.8) is 0 Å². The number of halogens is 2. The number of aryl methyl sites for hydroxylation is 1. The van der Waals surface area contributed by atoms with Crippen LogP contribution in [0.1, 0.15) is 34.1 Å². The van der Waals surface area contributed by atoms with Gasteiger partial charge in [-0.2, -0.15) is 5.10 Å². The van der Waals surface area contributed by atoms with Crippen molar-refractivity contribution in [1.29, 1.82) is 0 Å². The quantitative estimate of drug-likeness (QED) is 0.757. The second kappa shape index (κ2) is 7.77. The molecule has 0 aromatic carbocycles. The second-order valence-corrected chi connectivity index (χ2v) is 7.49. The van der Waals surface area contributed by atoms with E-state index in [-0.39, 0.29) is 23.2 Å². The highest BCUT2D eigenvalue weighted by Crippen LogP contribution is 2.39. The van der Waals surface area contributed by atoms with E-state index in [0.717, 1.165) is 34.4 Å². The van der Waals surface area contributed by atoms with E-state index < -0.39 is 17.4 Å². The van der Waals surface area contributed by atoms with Crippen molar-refractivity contribution in [2.45, 2.75) is 32.7 Å². The average molecular weight is 416 g/mol. The Kier molecular flexibility index (Phi) is 5.64. The van der Waals surface area contributed by atoms with Gasteiger partial charge in [0, 0.05) is 4.88 Å². The molecule has 2 heterocycles. The molecule has 0 bridgehead atoms. The average Bonchev–Trinajstić information content (AvgIpc) is 3.16. The SMILES string of the molecule is CCOC(=O)c1c(NC(=O)Cn2ncc(Cl)c(Cl)c2=O)sc2c1CCC2. The van der Waals surface area contributed by atoms with Crippen LogP contribution in [0.5, 0.6) is 0 Å². The van der Waals surface area contributed by atoms with Gasteiger partial charge in [-0.05, 0) is 31.7 Å². The van der Waals surface area contributed by atoms with Crippen molar-refractivity contribution in [3.05, 3.63) is 42.6 Å². The Morgan fingerprint density at radius 3 is 2.88 bits per heavy atom. The lowest BCUT2D eigenvalue weighted by atomic mass is 10.1. The molecule has 1 aliphatic carbocycles. The number of thiophene rings is 1. The van der Waals surface area contributed by atoms with Crippen LogP contribution in [0, 0.1) is 0 Å². The van der Waals surface area contributed by atoms with E-state index in [2.05, 4.69) is 10.4 Å². The van der Waals surface area contributed by atoms with Crippen molar-refractivity contribution in [2.24, 2.45) is 0 Å². The van der Waals surface area contributed by atoms with Crippen LogP contribution in [0.15, 0.2) is 11.0 Å². The third kappa shape index (κ3) is 3.62. The summed E-state index contributed by atoms with van der Waals surface area (Å²) in [5.41, 5.74) is 0.689. The number of rotatable bonds is 5. The molecule has 2 aromatic rings. The number of nitrogens with zero attached hydrogens (tertiary/aromatic N) is 2. The van der Waals surface area contributed by atoms with Crippen LogP contribution >= 0.6 is 34.5 Å². The Morgan fingerprint density at radius 2 is 2.15 bits per heavy atom. The summed E-state index contributed by atoms with van der Waals surface area (Å²) in [5.74, 6) is -0.949. The fourth-order valence-electron chi connectivity index (χ4n) is 2.77. The predicted molar refractivity (Wildman–Crippen MR) is 99.4 cm³/mol. The lowest BCUT2D eigenvalue weighted by Gasteiger charge is -2.09. The Morgan fingerprint density at radius 1 is 1.38 bits per heavy atom. The largest absolute Gasteiger partial charge is 0.462 e. The molecule has 138 valence electrons. The van der Waals surface area contributed by atoms with E-state index in [1.54, 1.807) is 6.92 Å². The summed E-state index contributed by atoms with van der Waals surface area (Å²) in [4.78, 5) is 37.7. The van der Waals surface area contributed by atoms with Gasteiger partial charge in [0.05, 0.1) is 23.4 Å². The molecule has 10 heteroatoms. The van der Waals surface area contributed by atoms with Crippen LogP contribution in [-0.4, -0.2) is 28.3 Å². The van der Waals surface area contributed by atoms with Crippen molar-refractivity contribution in [1.82, 2.24) is 9.78 Å². The highest BCUT2D eigenvalue weighted by atomic mass is 35.5. The van der Waals surface area contributed by atoms with E-state index in [1.165, 1.54) is 17.5 Å². The highest BCUT2D eigenvalue weighted by molar-refractivity contribution is 7.17. The number of hydrogen-bond donors (Lipinski definition) is 1.